The van der Waals surface area contributed by atoms with E-state index in [2.05, 4.69) is 19.9 Å². The van der Waals surface area contributed by atoms with E-state index in [0.29, 0.717) is 66.7 Å². The van der Waals surface area contributed by atoms with E-state index in [4.69, 9.17) is 0 Å². The molecule has 0 unspecified atom stereocenters. The maximum Gasteiger partial charge on any atom is 0.319 e. The smallest absolute Gasteiger partial charge is 0.319 e. The number of piperidine rings is 1. The predicted molar refractivity (Wildman–Crippen MR) is 148 cm³/mol. The highest BCUT2D eigenvalue weighted by Gasteiger charge is 2.47. The van der Waals surface area contributed by atoms with E-state index in [1.54, 1.807) is 35.8 Å². The lowest BCUT2D eigenvalue weighted by atomic mass is 9.87. The topological polar surface area (TPSA) is 137 Å². The number of pyridine rings is 1. The Labute approximate surface area is 238 Å². The molecule has 15 heteroatoms. The van der Waals surface area contributed by atoms with E-state index in [0.717, 1.165) is 10.9 Å². The molecule has 1 N–H and O–H groups in total. The molecule has 214 valence electrons. The minimum atomic E-state index is -4.06. The third kappa shape index (κ3) is 4.79. The summed E-state index contributed by atoms with van der Waals surface area (Å²) in [5.41, 5.74) is 0.731. The number of rotatable bonds is 6. The Hall–Kier alpha value is -3.74. The molecule has 1 aromatic carbocycles. The quantitative estimate of drug-likeness (QED) is 0.351. The number of aromatic nitrogens is 4. The second-order valence-corrected chi connectivity index (χ2v) is 13.2. The molecule has 1 aliphatic heterocycles. The van der Waals surface area contributed by atoms with Gasteiger partial charge in [0.15, 0.2) is 5.01 Å². The van der Waals surface area contributed by atoms with Gasteiger partial charge < -0.3 is 9.80 Å². The summed E-state index contributed by atoms with van der Waals surface area (Å²) >= 11 is 0.707. The number of benzene rings is 1. The van der Waals surface area contributed by atoms with E-state index in [-0.39, 0.29) is 22.0 Å². The molecule has 11 nitrogen and oxygen atoms in total. The first-order chi connectivity index (χ1) is 19.5. The molecule has 0 bridgehead atoms. The van der Waals surface area contributed by atoms with Crippen LogP contribution in [0.15, 0.2) is 35.4 Å². The molecule has 1 saturated carbocycles. The van der Waals surface area contributed by atoms with Crippen molar-refractivity contribution in [3.05, 3.63) is 41.0 Å². The molecule has 2 aliphatic rings. The van der Waals surface area contributed by atoms with Crippen molar-refractivity contribution in [1.82, 2.24) is 34.3 Å². The fraction of sp³-hybridized carbons (Fsp3) is 0.423. The van der Waals surface area contributed by atoms with Gasteiger partial charge in [-0.1, -0.05) is 17.4 Å². The van der Waals surface area contributed by atoms with E-state index in [9.17, 15) is 27.3 Å². The van der Waals surface area contributed by atoms with Crippen molar-refractivity contribution in [2.75, 3.05) is 27.2 Å². The molecule has 1 aliphatic carbocycles. The lowest BCUT2D eigenvalue weighted by Gasteiger charge is -2.34. The second-order valence-electron chi connectivity index (χ2n) is 10.6. The molecule has 0 radical (unpaired) electrons. The number of hydrogen-bond donors (Lipinski definition) is 1. The van der Waals surface area contributed by atoms with Gasteiger partial charge in [0.2, 0.25) is 15.2 Å². The molecule has 2 fully saturated rings. The van der Waals surface area contributed by atoms with Crippen LogP contribution < -0.4 is 4.72 Å². The first-order valence-electron chi connectivity index (χ1n) is 13.0. The SMILES string of the molecule is CN(C)C(=O)N1CCC(c2ccnc3c2c2ccc(S(=O)(=O)NC4(C#N)CC4)cc2n3-c2nnc(C(F)F)s2)CC1. The zero-order valence-electron chi connectivity index (χ0n) is 22.2. The number of amides is 2. The molecule has 3 aromatic heterocycles. The number of halogens is 2. The summed E-state index contributed by atoms with van der Waals surface area (Å²) in [7, 11) is -0.617. The van der Waals surface area contributed by atoms with Gasteiger partial charge in [-0.2, -0.15) is 9.98 Å². The van der Waals surface area contributed by atoms with E-state index in [1.165, 1.54) is 12.1 Å². The van der Waals surface area contributed by atoms with Gasteiger partial charge >= 0.3 is 6.03 Å². The third-order valence-corrected chi connectivity index (χ3v) is 10.1. The molecule has 41 heavy (non-hydrogen) atoms. The first-order valence-corrected chi connectivity index (χ1v) is 15.3. The summed E-state index contributed by atoms with van der Waals surface area (Å²) < 4.78 is 57.5. The summed E-state index contributed by atoms with van der Waals surface area (Å²) in [5, 5.41) is 18.2. The van der Waals surface area contributed by atoms with Gasteiger partial charge in [-0.15, -0.1) is 10.2 Å². The van der Waals surface area contributed by atoms with Crippen LogP contribution in [0.4, 0.5) is 13.6 Å². The molecule has 0 atom stereocenters. The Morgan fingerprint density at radius 1 is 1.22 bits per heavy atom. The number of hydrogen-bond acceptors (Lipinski definition) is 8. The van der Waals surface area contributed by atoms with Gasteiger partial charge in [0.1, 0.15) is 11.2 Å². The van der Waals surface area contributed by atoms with Crippen LogP contribution in [0.25, 0.3) is 27.1 Å². The van der Waals surface area contributed by atoms with Crippen molar-refractivity contribution < 1.29 is 22.0 Å². The van der Waals surface area contributed by atoms with Crippen LogP contribution >= 0.6 is 11.3 Å². The van der Waals surface area contributed by atoms with Crippen LogP contribution in [0, 0.1) is 11.3 Å². The lowest BCUT2D eigenvalue weighted by Crippen LogP contribution is -2.43. The van der Waals surface area contributed by atoms with Crippen LogP contribution in [-0.4, -0.2) is 76.7 Å². The summed E-state index contributed by atoms with van der Waals surface area (Å²) in [6.07, 6.45) is 1.12. The van der Waals surface area contributed by atoms with Gasteiger partial charge in [0, 0.05) is 44.2 Å². The average molecular weight is 601 g/mol. The fourth-order valence-electron chi connectivity index (χ4n) is 5.38. The number of likely N-dealkylation sites (tertiary alicyclic amines) is 1. The van der Waals surface area contributed by atoms with Crippen LogP contribution in [0.1, 0.15) is 48.6 Å². The summed E-state index contributed by atoms with van der Waals surface area (Å²) in [5.74, 6) is 0.0900. The number of carbonyl (C=O) groups excluding carboxylic acids is 1. The summed E-state index contributed by atoms with van der Waals surface area (Å²) in [4.78, 5) is 20.3. The zero-order valence-corrected chi connectivity index (χ0v) is 23.8. The Kier molecular flexibility index (Phi) is 6.67. The van der Waals surface area contributed by atoms with Crippen LogP contribution in [-0.2, 0) is 10.0 Å². The highest BCUT2D eigenvalue weighted by molar-refractivity contribution is 7.89. The summed E-state index contributed by atoms with van der Waals surface area (Å²) in [6, 6.07) is 8.51. The van der Waals surface area contributed by atoms with Crippen molar-refractivity contribution in [1.29, 1.82) is 5.26 Å². The van der Waals surface area contributed by atoms with Gasteiger partial charge in [-0.3, -0.25) is 4.57 Å². The van der Waals surface area contributed by atoms with Crippen molar-refractivity contribution >= 4 is 49.3 Å². The fourth-order valence-corrected chi connectivity index (χ4v) is 7.49. The largest absolute Gasteiger partial charge is 0.331 e. The monoisotopic (exact) mass is 600 g/mol. The van der Waals surface area contributed by atoms with Gasteiger partial charge in [-0.25, -0.2) is 27.0 Å². The minimum absolute atomic E-state index is 0.0437. The number of fused-ring (bicyclic) bond motifs is 3. The average Bonchev–Trinajstić information content (AvgIpc) is 3.39. The number of nitriles is 1. The van der Waals surface area contributed by atoms with Crippen LogP contribution in [0.3, 0.4) is 0 Å². The van der Waals surface area contributed by atoms with Gasteiger partial charge in [-0.05, 0) is 55.4 Å². The van der Waals surface area contributed by atoms with Crippen molar-refractivity contribution in [3.63, 3.8) is 0 Å². The number of alkyl halides is 2. The lowest BCUT2D eigenvalue weighted by molar-refractivity contribution is 0.150. The second kappa shape index (κ2) is 9.97. The Morgan fingerprint density at radius 2 is 1.95 bits per heavy atom. The standard InChI is InChI=1S/C26H26F2N8O3S2/c1-34(2)25(37)35-11-6-15(7-12-35)17-5-10-30-22-20(17)18-4-3-16(41(38,39)33-26(14-29)8-9-26)13-19(18)36(22)24-32-31-23(40-24)21(27)28/h3-5,10,13,15,21,33H,6-9,11-12H2,1-2H3. The molecule has 4 heterocycles. The number of carbonyl (C=O) groups is 1. The van der Waals surface area contributed by atoms with Crippen LogP contribution in [0.5, 0.6) is 0 Å². The van der Waals surface area contributed by atoms with Crippen molar-refractivity contribution in [2.24, 2.45) is 0 Å². The molecule has 4 aromatic rings. The zero-order chi connectivity index (χ0) is 29.1. The molecular weight excluding hydrogens is 574 g/mol. The van der Waals surface area contributed by atoms with Crippen LogP contribution in [0.2, 0.25) is 0 Å². The Bertz CT molecular complexity index is 1820. The molecule has 1 saturated heterocycles. The molecular formula is C26H26F2N8O3S2. The van der Waals surface area contributed by atoms with Gasteiger partial charge in [0.05, 0.1) is 16.5 Å². The number of nitrogens with zero attached hydrogens (tertiary/aromatic N) is 7. The highest BCUT2D eigenvalue weighted by Crippen LogP contribution is 2.41. The van der Waals surface area contributed by atoms with Gasteiger partial charge in [0.25, 0.3) is 6.43 Å². The summed E-state index contributed by atoms with van der Waals surface area (Å²) in [6.45, 7) is 1.15. The van der Waals surface area contributed by atoms with E-state index in [1.807, 2.05) is 17.0 Å². The van der Waals surface area contributed by atoms with E-state index >= 15 is 0 Å². The Morgan fingerprint density at radius 3 is 2.56 bits per heavy atom. The number of urea groups is 1. The van der Waals surface area contributed by atoms with Crippen molar-refractivity contribution in [2.45, 2.75) is 48.5 Å². The van der Waals surface area contributed by atoms with Crippen molar-refractivity contribution in [3.8, 4) is 11.2 Å². The minimum Gasteiger partial charge on any atom is -0.331 e. The predicted octanol–water partition coefficient (Wildman–Crippen LogP) is 4.16. The first kappa shape index (κ1) is 27.4. The molecule has 6 rings (SSSR count). The Balaban J connectivity index is 1.49. The maximum absolute atomic E-state index is 13.5. The number of nitrogens with one attached hydrogen (secondary N) is 1. The maximum atomic E-state index is 13.5. The highest BCUT2D eigenvalue weighted by atomic mass is 32.2. The molecule has 0 spiro atoms. The normalized spacial score (nSPS) is 17.3. The third-order valence-electron chi connectivity index (χ3n) is 7.65. The number of sulfonamides is 1. The molecule has 2 amide bonds. The van der Waals surface area contributed by atoms with E-state index < -0.39 is 27.0 Å².